The van der Waals surface area contributed by atoms with Crippen LogP contribution < -0.4 is 14.8 Å². The van der Waals surface area contributed by atoms with Crippen LogP contribution >= 0.6 is 0 Å². The summed E-state index contributed by atoms with van der Waals surface area (Å²) in [7, 11) is 1.58. The van der Waals surface area contributed by atoms with Gasteiger partial charge in [-0.25, -0.2) is 4.79 Å². The summed E-state index contributed by atoms with van der Waals surface area (Å²) in [6.45, 7) is 2.42. The van der Waals surface area contributed by atoms with Crippen LogP contribution in [0.2, 0.25) is 0 Å². The quantitative estimate of drug-likeness (QED) is 0.474. The lowest BCUT2D eigenvalue weighted by molar-refractivity contribution is -0.145. The van der Waals surface area contributed by atoms with Crippen LogP contribution in [0, 0.1) is 17.8 Å². The summed E-state index contributed by atoms with van der Waals surface area (Å²) in [4.78, 5) is 24.6. The molecule has 0 unspecified atom stereocenters. The van der Waals surface area contributed by atoms with Crippen molar-refractivity contribution in [3.8, 4) is 11.5 Å². The van der Waals surface area contributed by atoms with Crippen molar-refractivity contribution in [2.45, 2.75) is 57.4 Å². The van der Waals surface area contributed by atoms with Gasteiger partial charge in [0.1, 0.15) is 0 Å². The van der Waals surface area contributed by atoms with Gasteiger partial charge >= 0.3 is 5.97 Å². The van der Waals surface area contributed by atoms with Gasteiger partial charge in [-0.15, -0.1) is 0 Å². The number of carbonyl (C=O) groups is 2. The van der Waals surface area contributed by atoms with Crippen molar-refractivity contribution >= 4 is 18.0 Å². The van der Waals surface area contributed by atoms with Crippen LogP contribution in [-0.2, 0) is 14.3 Å². The average molecular weight is 428 g/mol. The van der Waals surface area contributed by atoms with Crippen molar-refractivity contribution < 1.29 is 23.8 Å². The maximum absolute atomic E-state index is 12.5. The fourth-order valence-corrected chi connectivity index (χ4v) is 6.06. The largest absolute Gasteiger partial charge is 0.493 e. The molecule has 0 spiro atoms. The van der Waals surface area contributed by atoms with Gasteiger partial charge in [-0.1, -0.05) is 13.0 Å². The minimum absolute atomic E-state index is 0.0633. The van der Waals surface area contributed by atoms with Crippen LogP contribution in [0.1, 0.15) is 57.4 Å². The Morgan fingerprint density at radius 3 is 2.39 bits per heavy atom. The number of hydrogen-bond donors (Lipinski definition) is 1. The molecule has 4 saturated carbocycles. The van der Waals surface area contributed by atoms with E-state index in [0.717, 1.165) is 49.0 Å². The summed E-state index contributed by atoms with van der Waals surface area (Å²) in [5.74, 6) is 2.83. The molecule has 1 aromatic rings. The third-order valence-electron chi connectivity index (χ3n) is 6.85. The van der Waals surface area contributed by atoms with Gasteiger partial charge in [0.15, 0.2) is 18.1 Å². The highest BCUT2D eigenvalue weighted by Gasteiger charge is 2.51. The second-order valence-electron chi connectivity index (χ2n) is 9.45. The Balaban J connectivity index is 1.26. The number of carbonyl (C=O) groups excluding carboxylic acids is 2. The van der Waals surface area contributed by atoms with Crippen LogP contribution in [0.15, 0.2) is 24.3 Å². The van der Waals surface area contributed by atoms with E-state index >= 15 is 0 Å². The maximum atomic E-state index is 12.5. The first kappa shape index (κ1) is 21.7. The van der Waals surface area contributed by atoms with E-state index in [1.807, 2.05) is 19.1 Å². The lowest BCUT2D eigenvalue weighted by atomic mass is 9.53. The van der Waals surface area contributed by atoms with Crippen molar-refractivity contribution in [1.82, 2.24) is 5.32 Å². The molecule has 5 rings (SSSR count). The smallest absolute Gasteiger partial charge is 0.331 e. The zero-order valence-corrected chi connectivity index (χ0v) is 18.5. The van der Waals surface area contributed by atoms with Crippen molar-refractivity contribution in [3.63, 3.8) is 0 Å². The molecule has 168 valence electrons. The molecule has 1 N–H and O–H groups in total. The van der Waals surface area contributed by atoms with Gasteiger partial charge in [-0.3, -0.25) is 4.79 Å². The molecule has 31 heavy (non-hydrogen) atoms. The van der Waals surface area contributed by atoms with Crippen LogP contribution in [0.5, 0.6) is 11.5 Å². The van der Waals surface area contributed by atoms with Crippen LogP contribution in [-0.4, -0.2) is 37.7 Å². The Kier molecular flexibility index (Phi) is 6.54. The van der Waals surface area contributed by atoms with Gasteiger partial charge in [-0.2, -0.15) is 0 Å². The standard InChI is InChI=1S/C25H33NO5/c1-3-8-30-21-6-4-17(12-22(21)29-2)5-7-24(28)31-16-23(27)26-25-13-18-9-19(14-25)11-20(10-18)15-25/h4-7,12,18-20H,3,8-11,13-16H2,1-2H3,(H,26,27)/b7-5+. The molecule has 0 heterocycles. The summed E-state index contributed by atoms with van der Waals surface area (Å²) in [6, 6.07) is 5.46. The first-order chi connectivity index (χ1) is 15.0. The lowest BCUT2D eigenvalue weighted by Crippen LogP contribution is -2.60. The first-order valence-electron chi connectivity index (χ1n) is 11.5. The highest BCUT2D eigenvalue weighted by molar-refractivity contribution is 5.89. The molecule has 0 aliphatic heterocycles. The van der Waals surface area contributed by atoms with E-state index in [-0.39, 0.29) is 18.1 Å². The number of methoxy groups -OCH3 is 1. The van der Waals surface area contributed by atoms with Crippen LogP contribution in [0.3, 0.4) is 0 Å². The zero-order chi connectivity index (χ0) is 21.8. The number of rotatable bonds is 9. The second-order valence-corrected chi connectivity index (χ2v) is 9.45. The molecule has 0 atom stereocenters. The van der Waals surface area contributed by atoms with Gasteiger partial charge in [-0.05, 0) is 86.5 Å². The molecule has 0 aromatic heterocycles. The van der Waals surface area contributed by atoms with Crippen molar-refractivity contribution in [2.24, 2.45) is 17.8 Å². The Morgan fingerprint density at radius 1 is 1.10 bits per heavy atom. The number of nitrogens with one attached hydrogen (secondary N) is 1. The Bertz CT molecular complexity index is 811. The van der Waals surface area contributed by atoms with Crippen molar-refractivity contribution in [3.05, 3.63) is 29.8 Å². The number of esters is 1. The fourth-order valence-electron chi connectivity index (χ4n) is 6.06. The van der Waals surface area contributed by atoms with Gasteiger partial charge in [0.2, 0.25) is 0 Å². The van der Waals surface area contributed by atoms with E-state index in [1.54, 1.807) is 19.3 Å². The van der Waals surface area contributed by atoms with E-state index in [4.69, 9.17) is 14.2 Å². The molecule has 0 saturated heterocycles. The molecule has 4 aliphatic rings. The Labute approximate surface area is 184 Å². The van der Waals surface area contributed by atoms with E-state index in [0.29, 0.717) is 18.1 Å². The van der Waals surface area contributed by atoms with Gasteiger partial charge in [0.25, 0.3) is 5.91 Å². The summed E-state index contributed by atoms with van der Waals surface area (Å²) in [5, 5.41) is 3.22. The number of amides is 1. The van der Waals surface area contributed by atoms with Crippen molar-refractivity contribution in [1.29, 1.82) is 0 Å². The SMILES string of the molecule is CCCOc1ccc(/C=C/C(=O)OCC(=O)NC23CC4CC(CC(C4)C2)C3)cc1OC. The molecule has 4 fully saturated rings. The predicted molar refractivity (Wildman–Crippen MR) is 118 cm³/mol. The molecule has 6 nitrogen and oxygen atoms in total. The van der Waals surface area contributed by atoms with E-state index in [1.165, 1.54) is 25.3 Å². The first-order valence-corrected chi connectivity index (χ1v) is 11.5. The second kappa shape index (κ2) is 9.33. The number of benzene rings is 1. The predicted octanol–water partition coefficient (Wildman–Crippen LogP) is 4.13. The van der Waals surface area contributed by atoms with Crippen LogP contribution in [0.25, 0.3) is 6.08 Å². The summed E-state index contributed by atoms with van der Waals surface area (Å²) >= 11 is 0. The highest BCUT2D eigenvalue weighted by Crippen LogP contribution is 2.55. The summed E-state index contributed by atoms with van der Waals surface area (Å²) < 4.78 is 16.2. The topological polar surface area (TPSA) is 73.9 Å². The monoisotopic (exact) mass is 427 g/mol. The molecule has 0 radical (unpaired) electrons. The molecular formula is C25H33NO5. The van der Waals surface area contributed by atoms with Crippen molar-refractivity contribution in [2.75, 3.05) is 20.3 Å². The Hall–Kier alpha value is -2.50. The summed E-state index contributed by atoms with van der Waals surface area (Å²) in [5.41, 5.74) is 0.724. The lowest BCUT2D eigenvalue weighted by Gasteiger charge is -2.56. The zero-order valence-electron chi connectivity index (χ0n) is 18.5. The van der Waals surface area contributed by atoms with Gasteiger partial charge in [0.05, 0.1) is 13.7 Å². The fraction of sp³-hybridized carbons (Fsp3) is 0.600. The van der Waals surface area contributed by atoms with E-state index in [9.17, 15) is 9.59 Å². The molecule has 6 heteroatoms. The third-order valence-corrected chi connectivity index (χ3v) is 6.85. The molecular weight excluding hydrogens is 394 g/mol. The van der Waals surface area contributed by atoms with Gasteiger partial charge in [0, 0.05) is 11.6 Å². The highest BCUT2D eigenvalue weighted by atomic mass is 16.5. The minimum Gasteiger partial charge on any atom is -0.493 e. The molecule has 1 aromatic carbocycles. The minimum atomic E-state index is -0.536. The average Bonchev–Trinajstić information content (AvgIpc) is 2.73. The molecule has 1 amide bonds. The van der Waals surface area contributed by atoms with E-state index in [2.05, 4.69) is 5.32 Å². The molecule has 4 aliphatic carbocycles. The Morgan fingerprint density at radius 2 is 1.77 bits per heavy atom. The summed E-state index contributed by atoms with van der Waals surface area (Å²) in [6.07, 6.45) is 11.1. The number of ether oxygens (including phenoxy) is 3. The third kappa shape index (κ3) is 5.23. The number of hydrogen-bond acceptors (Lipinski definition) is 5. The van der Waals surface area contributed by atoms with Gasteiger partial charge < -0.3 is 19.5 Å². The maximum Gasteiger partial charge on any atom is 0.331 e. The molecule has 4 bridgehead atoms. The van der Waals surface area contributed by atoms with Crippen LogP contribution in [0.4, 0.5) is 0 Å². The normalized spacial score (nSPS) is 28.5. The van der Waals surface area contributed by atoms with E-state index < -0.39 is 5.97 Å².